The summed E-state index contributed by atoms with van der Waals surface area (Å²) in [6.45, 7) is 2.41. The highest BCUT2D eigenvalue weighted by molar-refractivity contribution is 5.90. The van der Waals surface area contributed by atoms with Crippen molar-refractivity contribution in [2.75, 3.05) is 19.0 Å². The fourth-order valence-corrected chi connectivity index (χ4v) is 1.57. The standard InChI is InChI=1S/C12H17N3O2/c1-3-17-11-10(5-4-8-13-11)14-12(16)15(2)9-6-7-9/h4-5,8-9H,3,6-7H2,1-2H3,(H,14,16). The highest BCUT2D eigenvalue weighted by Gasteiger charge is 2.29. The Labute approximate surface area is 101 Å². The zero-order valence-corrected chi connectivity index (χ0v) is 10.1. The van der Waals surface area contributed by atoms with Crippen molar-refractivity contribution in [1.82, 2.24) is 9.88 Å². The molecule has 92 valence electrons. The minimum absolute atomic E-state index is 0.110. The van der Waals surface area contributed by atoms with E-state index in [2.05, 4.69) is 10.3 Å². The Hall–Kier alpha value is -1.78. The van der Waals surface area contributed by atoms with Gasteiger partial charge in [-0.25, -0.2) is 9.78 Å². The quantitative estimate of drug-likeness (QED) is 0.869. The van der Waals surface area contributed by atoms with Gasteiger partial charge in [-0.3, -0.25) is 0 Å². The summed E-state index contributed by atoms with van der Waals surface area (Å²) in [4.78, 5) is 17.7. The van der Waals surface area contributed by atoms with Gasteiger partial charge in [-0.2, -0.15) is 0 Å². The highest BCUT2D eigenvalue weighted by atomic mass is 16.5. The summed E-state index contributed by atoms with van der Waals surface area (Å²) < 4.78 is 5.35. The van der Waals surface area contributed by atoms with Crippen LogP contribution in [0.25, 0.3) is 0 Å². The number of nitrogens with one attached hydrogen (secondary N) is 1. The Bertz CT molecular complexity index is 404. The average molecular weight is 235 g/mol. The second kappa shape index (κ2) is 5.03. The lowest BCUT2D eigenvalue weighted by Crippen LogP contribution is -2.33. The Morgan fingerprint density at radius 3 is 3.06 bits per heavy atom. The van der Waals surface area contributed by atoms with E-state index in [1.54, 1.807) is 23.2 Å². The van der Waals surface area contributed by atoms with Gasteiger partial charge in [-0.15, -0.1) is 0 Å². The summed E-state index contributed by atoms with van der Waals surface area (Å²) in [7, 11) is 1.81. The van der Waals surface area contributed by atoms with Crippen LogP contribution in [-0.4, -0.2) is 35.6 Å². The maximum absolute atomic E-state index is 11.9. The minimum atomic E-state index is -0.110. The van der Waals surface area contributed by atoms with Crippen molar-refractivity contribution < 1.29 is 9.53 Å². The van der Waals surface area contributed by atoms with Crippen LogP contribution in [0.3, 0.4) is 0 Å². The number of urea groups is 1. The first kappa shape index (κ1) is 11.7. The normalized spacial score (nSPS) is 14.2. The fraction of sp³-hybridized carbons (Fsp3) is 0.500. The Morgan fingerprint density at radius 2 is 2.41 bits per heavy atom. The molecule has 2 rings (SSSR count). The molecule has 0 unspecified atom stereocenters. The van der Waals surface area contributed by atoms with Gasteiger partial charge in [0, 0.05) is 19.3 Å². The van der Waals surface area contributed by atoms with Crippen LogP contribution in [0.2, 0.25) is 0 Å². The maximum Gasteiger partial charge on any atom is 0.321 e. The first-order valence-corrected chi connectivity index (χ1v) is 5.84. The number of anilines is 1. The molecular formula is C12H17N3O2. The molecule has 0 aromatic carbocycles. The van der Waals surface area contributed by atoms with Crippen molar-refractivity contribution in [2.24, 2.45) is 0 Å². The number of carbonyl (C=O) groups excluding carboxylic acids is 1. The zero-order chi connectivity index (χ0) is 12.3. The van der Waals surface area contributed by atoms with Crippen molar-refractivity contribution in [3.05, 3.63) is 18.3 Å². The Morgan fingerprint density at radius 1 is 1.65 bits per heavy atom. The highest BCUT2D eigenvalue weighted by Crippen LogP contribution is 2.27. The number of ether oxygens (including phenoxy) is 1. The molecule has 5 nitrogen and oxygen atoms in total. The van der Waals surface area contributed by atoms with Gasteiger partial charge in [0.1, 0.15) is 5.69 Å². The van der Waals surface area contributed by atoms with E-state index in [0.717, 1.165) is 12.8 Å². The lowest BCUT2D eigenvalue weighted by molar-refractivity contribution is 0.220. The van der Waals surface area contributed by atoms with E-state index in [9.17, 15) is 4.79 Å². The molecule has 1 heterocycles. The van der Waals surface area contributed by atoms with Gasteiger partial charge >= 0.3 is 6.03 Å². The summed E-state index contributed by atoms with van der Waals surface area (Å²) in [5, 5.41) is 2.82. The summed E-state index contributed by atoms with van der Waals surface area (Å²) in [5.74, 6) is 0.465. The second-order valence-corrected chi connectivity index (χ2v) is 4.06. The molecule has 5 heteroatoms. The average Bonchev–Trinajstić information content (AvgIpc) is 3.15. The zero-order valence-electron chi connectivity index (χ0n) is 10.1. The van der Waals surface area contributed by atoms with Crippen LogP contribution in [0.1, 0.15) is 19.8 Å². The number of nitrogens with zero attached hydrogens (tertiary/aromatic N) is 2. The van der Waals surface area contributed by atoms with Gasteiger partial charge < -0.3 is 15.0 Å². The molecule has 1 N–H and O–H groups in total. The van der Waals surface area contributed by atoms with Gasteiger partial charge in [-0.1, -0.05) is 0 Å². The van der Waals surface area contributed by atoms with E-state index in [1.807, 2.05) is 14.0 Å². The predicted molar refractivity (Wildman–Crippen MR) is 65.2 cm³/mol. The molecule has 0 atom stereocenters. The Balaban J connectivity index is 2.03. The van der Waals surface area contributed by atoms with E-state index < -0.39 is 0 Å². The lowest BCUT2D eigenvalue weighted by atomic mass is 10.4. The number of carbonyl (C=O) groups is 1. The van der Waals surface area contributed by atoms with Crippen LogP contribution >= 0.6 is 0 Å². The number of rotatable bonds is 4. The molecule has 1 aliphatic rings. The number of pyridine rings is 1. The van der Waals surface area contributed by atoms with E-state index >= 15 is 0 Å². The number of hydrogen-bond donors (Lipinski definition) is 1. The third kappa shape index (κ3) is 2.87. The molecule has 1 aliphatic carbocycles. The fourth-order valence-electron chi connectivity index (χ4n) is 1.57. The largest absolute Gasteiger partial charge is 0.476 e. The Kier molecular flexibility index (Phi) is 3.46. The van der Waals surface area contributed by atoms with Crippen LogP contribution < -0.4 is 10.1 Å². The molecule has 0 radical (unpaired) electrons. The maximum atomic E-state index is 11.9. The van der Waals surface area contributed by atoms with Crippen molar-refractivity contribution in [2.45, 2.75) is 25.8 Å². The van der Waals surface area contributed by atoms with Crippen molar-refractivity contribution in [3.63, 3.8) is 0 Å². The van der Waals surface area contributed by atoms with Crippen molar-refractivity contribution in [1.29, 1.82) is 0 Å². The van der Waals surface area contributed by atoms with Gasteiger partial charge in [0.15, 0.2) is 0 Å². The monoisotopic (exact) mass is 235 g/mol. The molecule has 0 aliphatic heterocycles. The van der Waals surface area contributed by atoms with E-state index in [4.69, 9.17) is 4.74 Å². The summed E-state index contributed by atoms with van der Waals surface area (Å²) in [6, 6.07) is 3.84. The van der Waals surface area contributed by atoms with Crippen LogP contribution in [-0.2, 0) is 0 Å². The summed E-state index contributed by atoms with van der Waals surface area (Å²) in [5.41, 5.74) is 0.617. The lowest BCUT2D eigenvalue weighted by Gasteiger charge is -2.18. The molecule has 17 heavy (non-hydrogen) atoms. The third-order valence-corrected chi connectivity index (χ3v) is 2.71. The molecule has 2 amide bonds. The summed E-state index contributed by atoms with van der Waals surface area (Å²) >= 11 is 0. The van der Waals surface area contributed by atoms with Crippen LogP contribution in [0.4, 0.5) is 10.5 Å². The smallest absolute Gasteiger partial charge is 0.321 e. The number of amides is 2. The van der Waals surface area contributed by atoms with Gasteiger partial charge in [0.25, 0.3) is 0 Å². The number of aromatic nitrogens is 1. The first-order chi connectivity index (χ1) is 8.22. The molecule has 1 fully saturated rings. The number of hydrogen-bond acceptors (Lipinski definition) is 3. The van der Waals surface area contributed by atoms with Crippen molar-refractivity contribution >= 4 is 11.7 Å². The molecule has 1 aromatic rings. The second-order valence-electron chi connectivity index (χ2n) is 4.06. The van der Waals surface area contributed by atoms with E-state index in [-0.39, 0.29) is 6.03 Å². The van der Waals surface area contributed by atoms with E-state index in [0.29, 0.717) is 24.2 Å². The third-order valence-electron chi connectivity index (χ3n) is 2.71. The van der Waals surface area contributed by atoms with Crippen LogP contribution in [0.15, 0.2) is 18.3 Å². The topological polar surface area (TPSA) is 54.5 Å². The van der Waals surface area contributed by atoms with Crippen LogP contribution in [0, 0.1) is 0 Å². The molecular weight excluding hydrogens is 218 g/mol. The van der Waals surface area contributed by atoms with Gasteiger partial charge in [-0.05, 0) is 31.9 Å². The SMILES string of the molecule is CCOc1ncccc1NC(=O)N(C)C1CC1. The van der Waals surface area contributed by atoms with E-state index in [1.165, 1.54) is 0 Å². The molecule has 0 spiro atoms. The van der Waals surface area contributed by atoms with Crippen LogP contribution in [0.5, 0.6) is 5.88 Å². The molecule has 0 saturated heterocycles. The van der Waals surface area contributed by atoms with Crippen molar-refractivity contribution in [3.8, 4) is 5.88 Å². The van der Waals surface area contributed by atoms with Gasteiger partial charge in [0.05, 0.1) is 6.61 Å². The molecule has 1 saturated carbocycles. The summed E-state index contributed by atoms with van der Waals surface area (Å²) in [6.07, 6.45) is 3.83. The predicted octanol–water partition coefficient (Wildman–Crippen LogP) is 2.11. The molecule has 0 bridgehead atoms. The minimum Gasteiger partial charge on any atom is -0.476 e. The van der Waals surface area contributed by atoms with Gasteiger partial charge in [0.2, 0.25) is 5.88 Å². The molecule has 1 aromatic heterocycles. The first-order valence-electron chi connectivity index (χ1n) is 5.84.